The summed E-state index contributed by atoms with van der Waals surface area (Å²) in [5, 5.41) is 28.9. The lowest BCUT2D eigenvalue weighted by atomic mass is 10.1. The molecule has 39 heavy (non-hydrogen) atoms. The standard InChI is InChI=1S/C21H14F8N8OS/c1-3-36(18(9-31)4-5-18)17(38)10-6-12(39-13(10)7-30)11-8-37(34-32-11)16-14(20(24,25)26)15(33-35(16)2)19(22,23)21(27,28)29/h6,8H,3-5H2,1-2H3. The zero-order chi connectivity index (χ0) is 29.1. The number of rotatable bonds is 6. The van der Waals surface area contributed by atoms with Gasteiger partial charge in [-0.05, 0) is 25.8 Å². The van der Waals surface area contributed by atoms with Crippen molar-refractivity contribution in [3.63, 3.8) is 0 Å². The molecule has 3 aromatic heterocycles. The third kappa shape index (κ3) is 4.48. The molecule has 3 aromatic rings. The average Bonchev–Trinajstić information content (AvgIpc) is 3.18. The van der Waals surface area contributed by atoms with Gasteiger partial charge in [0, 0.05) is 13.6 Å². The summed E-state index contributed by atoms with van der Waals surface area (Å²) in [4.78, 5) is 14.4. The van der Waals surface area contributed by atoms with E-state index in [1.165, 1.54) is 11.0 Å². The fourth-order valence-corrected chi connectivity index (χ4v) is 4.88. The fraction of sp³-hybridized carbons (Fsp3) is 0.429. The number of alkyl halides is 8. The van der Waals surface area contributed by atoms with E-state index in [4.69, 9.17) is 0 Å². The molecular formula is C21H14F8N8OS. The molecule has 1 saturated carbocycles. The predicted octanol–water partition coefficient (Wildman–Crippen LogP) is 4.79. The molecule has 3 heterocycles. The molecule has 0 aliphatic heterocycles. The van der Waals surface area contributed by atoms with Gasteiger partial charge in [-0.15, -0.1) is 16.4 Å². The second-order valence-corrected chi connectivity index (χ2v) is 9.50. The van der Waals surface area contributed by atoms with Gasteiger partial charge in [0.05, 0.1) is 22.7 Å². The van der Waals surface area contributed by atoms with Gasteiger partial charge in [0.15, 0.2) is 11.5 Å². The maximum atomic E-state index is 14.0. The summed E-state index contributed by atoms with van der Waals surface area (Å²) in [5.41, 5.74) is -6.24. The summed E-state index contributed by atoms with van der Waals surface area (Å²) in [6, 6.07) is 5.11. The summed E-state index contributed by atoms with van der Waals surface area (Å²) in [6.45, 7) is 1.80. The van der Waals surface area contributed by atoms with Crippen LogP contribution in [0.1, 0.15) is 46.3 Å². The number of aromatic nitrogens is 5. The topological polar surface area (TPSA) is 116 Å². The Labute approximate surface area is 217 Å². The number of carbonyl (C=O) groups excluding carboxylic acids is 1. The van der Waals surface area contributed by atoms with Gasteiger partial charge in [-0.25, -0.2) is 9.36 Å². The molecule has 0 unspecified atom stereocenters. The van der Waals surface area contributed by atoms with Gasteiger partial charge in [-0.2, -0.15) is 50.7 Å². The van der Waals surface area contributed by atoms with Crippen LogP contribution < -0.4 is 0 Å². The normalized spacial score (nSPS) is 15.1. The van der Waals surface area contributed by atoms with Crippen molar-refractivity contribution < 1.29 is 39.9 Å². The van der Waals surface area contributed by atoms with Gasteiger partial charge >= 0.3 is 18.3 Å². The van der Waals surface area contributed by atoms with Crippen LogP contribution in [0, 0.1) is 22.7 Å². The first-order chi connectivity index (χ1) is 18.0. The molecular weight excluding hydrogens is 564 g/mol. The highest BCUT2D eigenvalue weighted by Gasteiger charge is 2.64. The van der Waals surface area contributed by atoms with Gasteiger partial charge in [0.2, 0.25) is 0 Å². The molecule has 0 aromatic carbocycles. The molecule has 1 aliphatic rings. The smallest absolute Gasteiger partial charge is 0.320 e. The van der Waals surface area contributed by atoms with Crippen molar-refractivity contribution in [2.24, 2.45) is 7.05 Å². The van der Waals surface area contributed by atoms with Crippen molar-refractivity contribution in [1.29, 1.82) is 10.5 Å². The molecule has 0 radical (unpaired) electrons. The fourth-order valence-electron chi connectivity index (χ4n) is 3.98. The third-order valence-electron chi connectivity index (χ3n) is 5.99. The Balaban J connectivity index is 1.79. The Kier molecular flexibility index (Phi) is 6.46. The van der Waals surface area contributed by atoms with E-state index in [1.54, 1.807) is 6.92 Å². The Hall–Kier alpha value is -4.06. The van der Waals surface area contributed by atoms with Crippen LogP contribution in [0.25, 0.3) is 16.4 Å². The van der Waals surface area contributed by atoms with Crippen LogP contribution >= 0.6 is 11.3 Å². The Morgan fingerprint density at radius 3 is 2.31 bits per heavy atom. The highest BCUT2D eigenvalue weighted by atomic mass is 32.1. The maximum absolute atomic E-state index is 14.0. The van der Waals surface area contributed by atoms with E-state index in [-0.39, 0.29) is 32.2 Å². The second kappa shape index (κ2) is 9.01. The van der Waals surface area contributed by atoms with E-state index in [0.717, 1.165) is 24.6 Å². The van der Waals surface area contributed by atoms with E-state index in [1.807, 2.05) is 6.07 Å². The molecule has 1 fully saturated rings. The minimum atomic E-state index is -6.36. The van der Waals surface area contributed by atoms with Crippen molar-refractivity contribution in [3.05, 3.63) is 34.0 Å². The number of nitriles is 2. The van der Waals surface area contributed by atoms with E-state index in [0.29, 0.717) is 17.5 Å². The van der Waals surface area contributed by atoms with Crippen molar-refractivity contribution in [2.45, 2.75) is 43.6 Å². The van der Waals surface area contributed by atoms with E-state index in [9.17, 15) is 50.4 Å². The number of aryl methyl sites for hydroxylation is 1. The zero-order valence-electron chi connectivity index (χ0n) is 19.7. The molecule has 0 spiro atoms. The van der Waals surface area contributed by atoms with Gasteiger partial charge in [0.1, 0.15) is 27.7 Å². The summed E-state index contributed by atoms with van der Waals surface area (Å²) in [7, 11) is 0.722. The van der Waals surface area contributed by atoms with Crippen molar-refractivity contribution in [1.82, 2.24) is 29.7 Å². The first-order valence-electron chi connectivity index (χ1n) is 10.8. The molecule has 0 N–H and O–H groups in total. The molecule has 0 bridgehead atoms. The van der Waals surface area contributed by atoms with E-state index >= 15 is 0 Å². The largest absolute Gasteiger partial charge is 0.459 e. The van der Waals surface area contributed by atoms with Gasteiger partial charge in [-0.1, -0.05) is 5.21 Å². The van der Waals surface area contributed by atoms with Crippen molar-refractivity contribution in [2.75, 3.05) is 6.54 Å². The van der Waals surface area contributed by atoms with Crippen LogP contribution in [-0.2, 0) is 19.1 Å². The van der Waals surface area contributed by atoms with Gasteiger partial charge in [-0.3, -0.25) is 4.79 Å². The summed E-state index contributed by atoms with van der Waals surface area (Å²) in [6.07, 6.45) is -10.4. The molecule has 9 nitrogen and oxygen atoms in total. The SMILES string of the molecule is CCN(C(=O)c1cc(-c2cn(-c3c(C(F)(F)F)c(C(F)(F)C(F)(F)F)nn3C)nn2)sc1C#N)C1(C#N)CC1. The summed E-state index contributed by atoms with van der Waals surface area (Å²) in [5.74, 6) is -7.83. The maximum Gasteiger partial charge on any atom is 0.459 e. The Morgan fingerprint density at radius 2 is 1.82 bits per heavy atom. The highest BCUT2D eigenvalue weighted by molar-refractivity contribution is 7.16. The van der Waals surface area contributed by atoms with Crippen LogP contribution in [0.2, 0.25) is 0 Å². The first kappa shape index (κ1) is 28.0. The minimum absolute atomic E-state index is 0.0654. The van der Waals surface area contributed by atoms with Crippen LogP contribution in [0.3, 0.4) is 0 Å². The summed E-state index contributed by atoms with van der Waals surface area (Å²) >= 11 is 0.722. The molecule has 206 valence electrons. The number of thiophene rings is 1. The predicted molar refractivity (Wildman–Crippen MR) is 115 cm³/mol. The number of halogens is 8. The number of nitrogens with zero attached hydrogens (tertiary/aromatic N) is 8. The molecule has 1 amide bonds. The molecule has 0 saturated heterocycles. The van der Waals surface area contributed by atoms with E-state index < -0.39 is 46.8 Å². The monoisotopic (exact) mass is 578 g/mol. The van der Waals surface area contributed by atoms with Crippen molar-refractivity contribution >= 4 is 17.2 Å². The molecule has 4 rings (SSSR count). The molecule has 18 heteroatoms. The van der Waals surface area contributed by atoms with Crippen molar-refractivity contribution in [3.8, 4) is 28.5 Å². The van der Waals surface area contributed by atoms with E-state index in [2.05, 4.69) is 21.5 Å². The minimum Gasteiger partial charge on any atom is -0.320 e. The van der Waals surface area contributed by atoms with Crippen LogP contribution in [0.5, 0.6) is 0 Å². The average molecular weight is 578 g/mol. The third-order valence-corrected chi connectivity index (χ3v) is 7.05. The lowest BCUT2D eigenvalue weighted by molar-refractivity contribution is -0.292. The highest BCUT2D eigenvalue weighted by Crippen LogP contribution is 2.49. The van der Waals surface area contributed by atoms with Crippen LogP contribution in [0.4, 0.5) is 35.1 Å². The lowest BCUT2D eigenvalue weighted by Gasteiger charge is -2.25. The van der Waals surface area contributed by atoms with Gasteiger partial charge < -0.3 is 4.90 Å². The molecule has 1 aliphatic carbocycles. The quantitative estimate of drug-likeness (QED) is 0.389. The molecule has 0 atom stereocenters. The second-order valence-electron chi connectivity index (χ2n) is 8.45. The number of hydrogen-bond donors (Lipinski definition) is 0. The van der Waals surface area contributed by atoms with Gasteiger partial charge in [0.25, 0.3) is 5.91 Å². The number of amides is 1. The zero-order valence-corrected chi connectivity index (χ0v) is 20.5. The van der Waals surface area contributed by atoms with Crippen LogP contribution in [0.15, 0.2) is 12.3 Å². The Morgan fingerprint density at radius 1 is 1.18 bits per heavy atom. The summed E-state index contributed by atoms with van der Waals surface area (Å²) < 4.78 is 108. The Bertz CT molecular complexity index is 1530. The number of hydrogen-bond acceptors (Lipinski definition) is 7. The first-order valence-corrected chi connectivity index (χ1v) is 11.6. The number of carbonyl (C=O) groups is 1. The lowest BCUT2D eigenvalue weighted by Crippen LogP contribution is -2.41. The van der Waals surface area contributed by atoms with Crippen LogP contribution in [-0.4, -0.2) is 53.8 Å².